The molecule has 1 aromatic heterocycles. The van der Waals surface area contributed by atoms with Crippen LogP contribution in [0.5, 0.6) is 0 Å². The Balaban J connectivity index is 1.63. The van der Waals surface area contributed by atoms with E-state index < -0.39 is 34.6 Å². The van der Waals surface area contributed by atoms with Crippen molar-refractivity contribution in [1.29, 1.82) is 0 Å². The van der Waals surface area contributed by atoms with Crippen molar-refractivity contribution in [2.75, 3.05) is 13.2 Å². The monoisotopic (exact) mass is 459 g/mol. The van der Waals surface area contributed by atoms with Crippen molar-refractivity contribution >= 4 is 11.8 Å². The van der Waals surface area contributed by atoms with Gasteiger partial charge in [-0.1, -0.05) is 36.4 Å². The summed E-state index contributed by atoms with van der Waals surface area (Å²) in [5, 5.41) is 9.40. The van der Waals surface area contributed by atoms with Gasteiger partial charge in [-0.2, -0.15) is 13.2 Å². The van der Waals surface area contributed by atoms with Gasteiger partial charge in [0.2, 0.25) is 0 Å². The van der Waals surface area contributed by atoms with Crippen LogP contribution in [0.4, 0.5) is 17.6 Å². The first-order valence-electron chi connectivity index (χ1n) is 9.87. The number of carbonyl (C=O) groups is 2. The van der Waals surface area contributed by atoms with Gasteiger partial charge in [0.05, 0.1) is 18.8 Å². The lowest BCUT2D eigenvalue weighted by Gasteiger charge is -2.40. The number of ether oxygens (including phenoxy) is 1. The van der Waals surface area contributed by atoms with E-state index in [1.807, 2.05) is 0 Å². The van der Waals surface area contributed by atoms with Crippen molar-refractivity contribution in [3.8, 4) is 11.1 Å². The number of carboxylic acid groups (broad SMARTS) is 1. The third kappa shape index (κ3) is 4.36. The fraction of sp³-hybridized carbons (Fsp3) is 0.208. The van der Waals surface area contributed by atoms with Crippen LogP contribution in [0.2, 0.25) is 0 Å². The maximum Gasteiger partial charge on any atom is 0.433 e. The zero-order chi connectivity index (χ0) is 23.8. The molecule has 170 valence electrons. The number of rotatable bonds is 6. The van der Waals surface area contributed by atoms with Crippen LogP contribution in [-0.2, 0) is 27.5 Å². The van der Waals surface area contributed by atoms with Crippen LogP contribution >= 0.6 is 0 Å². The number of aromatic nitrogens is 1. The van der Waals surface area contributed by atoms with Gasteiger partial charge in [0.15, 0.2) is 5.78 Å². The first kappa shape index (κ1) is 22.6. The van der Waals surface area contributed by atoms with E-state index in [2.05, 4.69) is 4.98 Å². The second-order valence-electron chi connectivity index (χ2n) is 7.80. The van der Waals surface area contributed by atoms with Crippen molar-refractivity contribution < 1.29 is 37.0 Å². The molecule has 3 aromatic rings. The number of pyridine rings is 1. The van der Waals surface area contributed by atoms with Crippen LogP contribution in [-0.4, -0.2) is 35.1 Å². The lowest BCUT2D eigenvalue weighted by atomic mass is 9.73. The van der Waals surface area contributed by atoms with Crippen LogP contribution in [0, 0.1) is 5.82 Å². The van der Waals surface area contributed by atoms with Crippen molar-refractivity contribution in [3.63, 3.8) is 0 Å². The van der Waals surface area contributed by atoms with Crippen LogP contribution in [0.3, 0.4) is 0 Å². The molecule has 0 bridgehead atoms. The van der Waals surface area contributed by atoms with Crippen molar-refractivity contribution in [2.45, 2.75) is 18.0 Å². The molecule has 1 saturated heterocycles. The minimum atomic E-state index is -4.77. The summed E-state index contributed by atoms with van der Waals surface area (Å²) < 4.78 is 57.2. The van der Waals surface area contributed by atoms with Crippen molar-refractivity contribution in [3.05, 3.63) is 89.0 Å². The fourth-order valence-corrected chi connectivity index (χ4v) is 3.74. The molecule has 1 aliphatic rings. The quantitative estimate of drug-likeness (QED) is 0.542. The Labute approximate surface area is 185 Å². The molecule has 1 aliphatic heterocycles. The van der Waals surface area contributed by atoms with E-state index in [4.69, 9.17) is 4.74 Å². The lowest BCUT2D eigenvalue weighted by molar-refractivity contribution is -0.142. The van der Waals surface area contributed by atoms with E-state index in [1.165, 1.54) is 36.4 Å². The average Bonchev–Trinajstić information content (AvgIpc) is 2.74. The molecular formula is C24H17F4NO4. The largest absolute Gasteiger partial charge is 0.478 e. The Morgan fingerprint density at radius 2 is 1.67 bits per heavy atom. The number of carboxylic acids is 1. The van der Waals surface area contributed by atoms with Gasteiger partial charge in [0.1, 0.15) is 16.9 Å². The highest BCUT2D eigenvalue weighted by atomic mass is 19.4. The van der Waals surface area contributed by atoms with Crippen molar-refractivity contribution in [2.24, 2.45) is 0 Å². The van der Waals surface area contributed by atoms with Crippen LogP contribution < -0.4 is 0 Å². The molecule has 9 heteroatoms. The number of ketones is 1. The summed E-state index contributed by atoms with van der Waals surface area (Å²) >= 11 is 0. The van der Waals surface area contributed by atoms with E-state index in [0.29, 0.717) is 22.8 Å². The first-order valence-corrected chi connectivity index (χ1v) is 9.87. The molecule has 0 atom stereocenters. The molecular weight excluding hydrogens is 442 g/mol. The second-order valence-corrected chi connectivity index (χ2v) is 7.80. The van der Waals surface area contributed by atoms with Crippen LogP contribution in [0.25, 0.3) is 11.1 Å². The van der Waals surface area contributed by atoms with Crippen molar-refractivity contribution in [1.82, 2.24) is 4.98 Å². The maximum absolute atomic E-state index is 13.1. The van der Waals surface area contributed by atoms with Gasteiger partial charge in [-0.15, -0.1) is 0 Å². The molecule has 0 spiro atoms. The summed E-state index contributed by atoms with van der Waals surface area (Å²) in [5.41, 5.74) is -1.05. The minimum Gasteiger partial charge on any atom is -0.478 e. The normalized spacial score (nSPS) is 15.0. The molecule has 0 aliphatic carbocycles. The summed E-state index contributed by atoms with van der Waals surface area (Å²) in [7, 11) is 0. The molecule has 0 unspecified atom stereocenters. The highest BCUT2D eigenvalue weighted by molar-refractivity contribution is 5.96. The first-order chi connectivity index (χ1) is 15.6. The molecule has 5 nitrogen and oxygen atoms in total. The summed E-state index contributed by atoms with van der Waals surface area (Å²) in [6.07, 6.45) is -3.81. The van der Waals surface area contributed by atoms with E-state index >= 15 is 0 Å². The number of Topliss-reactive ketones (excluding diaryl/α,β-unsaturated/α-hetero) is 1. The van der Waals surface area contributed by atoms with E-state index in [1.54, 1.807) is 12.1 Å². The Bertz CT molecular complexity index is 1200. The number of hydrogen-bond acceptors (Lipinski definition) is 4. The molecule has 1 N–H and O–H groups in total. The lowest BCUT2D eigenvalue weighted by Crippen LogP contribution is -2.53. The second kappa shape index (κ2) is 8.40. The zero-order valence-electron chi connectivity index (χ0n) is 17.0. The van der Waals surface area contributed by atoms with Gasteiger partial charge in [-0.05, 0) is 34.9 Å². The molecule has 0 radical (unpaired) electrons. The average molecular weight is 459 g/mol. The molecule has 2 heterocycles. The minimum absolute atomic E-state index is 0.0265. The number of hydrogen-bond donors (Lipinski definition) is 1. The van der Waals surface area contributed by atoms with Gasteiger partial charge in [-0.3, -0.25) is 9.78 Å². The summed E-state index contributed by atoms with van der Waals surface area (Å²) in [6.45, 7) is 0.323. The number of alkyl halides is 3. The highest BCUT2D eigenvalue weighted by Crippen LogP contribution is 2.37. The molecule has 0 amide bonds. The summed E-state index contributed by atoms with van der Waals surface area (Å²) in [5.74, 6) is -2.03. The molecule has 2 aromatic carbocycles. The Hall–Kier alpha value is -3.59. The van der Waals surface area contributed by atoms with Crippen LogP contribution in [0.15, 0.2) is 60.8 Å². The highest BCUT2D eigenvalue weighted by Gasteiger charge is 2.46. The van der Waals surface area contributed by atoms with E-state index in [9.17, 15) is 32.3 Å². The Kier molecular flexibility index (Phi) is 5.75. The van der Waals surface area contributed by atoms with Gasteiger partial charge in [-0.25, -0.2) is 9.18 Å². The van der Waals surface area contributed by atoms with Crippen LogP contribution in [0.1, 0.15) is 27.2 Å². The molecule has 4 rings (SSSR count). The summed E-state index contributed by atoms with van der Waals surface area (Å²) in [4.78, 5) is 28.0. The van der Waals surface area contributed by atoms with Gasteiger partial charge in [0, 0.05) is 18.2 Å². The standard InChI is InChI=1S/C24H17F4NO4/c25-17-7-1-14(2-8-17)9-21(30)23(12-33-13-23)16-5-3-15(4-6-16)19-11-29-20(24(26,27)28)10-18(19)22(31)32/h1-8,10-11H,9,12-13H2,(H,31,32). The zero-order valence-corrected chi connectivity index (χ0v) is 17.0. The van der Waals surface area contributed by atoms with Gasteiger partial charge >= 0.3 is 12.1 Å². The molecule has 1 fully saturated rings. The van der Waals surface area contributed by atoms with E-state index in [-0.39, 0.29) is 31.0 Å². The van der Waals surface area contributed by atoms with Gasteiger partial charge in [0.25, 0.3) is 0 Å². The molecule has 0 saturated carbocycles. The predicted octanol–water partition coefficient (Wildman–Crippen LogP) is 4.68. The number of halogens is 4. The number of aromatic carboxylic acids is 1. The summed E-state index contributed by atoms with van der Waals surface area (Å²) in [6, 6.07) is 12.5. The third-order valence-corrected chi connectivity index (χ3v) is 5.68. The Morgan fingerprint density at radius 3 is 2.18 bits per heavy atom. The number of carbonyl (C=O) groups excluding carboxylic acids is 1. The number of benzene rings is 2. The number of nitrogens with zero attached hydrogens (tertiary/aromatic N) is 1. The third-order valence-electron chi connectivity index (χ3n) is 5.68. The fourth-order valence-electron chi connectivity index (χ4n) is 3.74. The van der Waals surface area contributed by atoms with Gasteiger partial charge < -0.3 is 9.84 Å². The predicted molar refractivity (Wildman–Crippen MR) is 109 cm³/mol. The van der Waals surface area contributed by atoms with E-state index in [0.717, 1.165) is 6.20 Å². The smallest absolute Gasteiger partial charge is 0.433 e. The SMILES string of the molecule is O=C(O)c1cc(C(F)(F)F)ncc1-c1ccc(C2(C(=O)Cc3ccc(F)cc3)COC2)cc1. The topological polar surface area (TPSA) is 76.5 Å². The molecule has 33 heavy (non-hydrogen) atoms. The Morgan fingerprint density at radius 1 is 1.03 bits per heavy atom. The maximum atomic E-state index is 13.1.